The first kappa shape index (κ1) is 54.7. The maximum atomic E-state index is 12.8. The monoisotopic (exact) mass is 811 g/mol. The zero-order valence-corrected chi connectivity index (χ0v) is 38.2. The van der Waals surface area contributed by atoms with E-state index in [-0.39, 0.29) is 19.1 Å². The number of phosphoric acid groups is 1. The summed E-state index contributed by atoms with van der Waals surface area (Å²) in [6, 6.07) is -0.886. The molecular formula is C47H91N2O6P. The van der Waals surface area contributed by atoms with Gasteiger partial charge in [0.25, 0.3) is 7.82 Å². The van der Waals surface area contributed by atoms with Gasteiger partial charge in [0, 0.05) is 6.42 Å². The number of rotatable bonds is 42. The molecule has 8 nitrogen and oxygen atoms in total. The van der Waals surface area contributed by atoms with Crippen LogP contribution in [0.5, 0.6) is 0 Å². The first-order valence-corrected chi connectivity index (χ1v) is 24.8. The average Bonchev–Trinajstić information content (AvgIpc) is 3.15. The molecule has 0 aliphatic heterocycles. The van der Waals surface area contributed by atoms with Crippen molar-refractivity contribution in [2.75, 3.05) is 40.9 Å². The predicted molar refractivity (Wildman–Crippen MR) is 238 cm³/mol. The molecular weight excluding hydrogens is 719 g/mol. The SMILES string of the molecule is CCCCCCCCC/C=C/C(O)C(COP(=O)([O-])OCC[N+](C)(C)C)NC(=O)CCCCCCCCCCC/C=C\C/C=C\CCCCCCCCCCC. The molecule has 0 heterocycles. The smallest absolute Gasteiger partial charge is 0.268 e. The van der Waals surface area contributed by atoms with Crippen LogP contribution in [0.1, 0.15) is 206 Å². The lowest BCUT2D eigenvalue weighted by atomic mass is 10.0. The summed E-state index contributed by atoms with van der Waals surface area (Å²) in [7, 11) is 1.25. The lowest BCUT2D eigenvalue weighted by Crippen LogP contribution is -2.45. The molecule has 0 radical (unpaired) electrons. The third-order valence-corrected chi connectivity index (χ3v) is 11.3. The van der Waals surface area contributed by atoms with Crippen LogP contribution >= 0.6 is 7.82 Å². The third-order valence-electron chi connectivity index (χ3n) is 10.3. The van der Waals surface area contributed by atoms with Crippen LogP contribution in [0.3, 0.4) is 0 Å². The van der Waals surface area contributed by atoms with Gasteiger partial charge in [-0.1, -0.05) is 185 Å². The largest absolute Gasteiger partial charge is 0.756 e. The first-order chi connectivity index (χ1) is 27.0. The third kappa shape index (κ3) is 40.9. The Morgan fingerprint density at radius 3 is 1.48 bits per heavy atom. The first-order valence-electron chi connectivity index (χ1n) is 23.4. The zero-order chi connectivity index (χ0) is 41.4. The number of amides is 1. The lowest BCUT2D eigenvalue weighted by molar-refractivity contribution is -0.870. The number of aliphatic hydroxyl groups is 1. The van der Waals surface area contributed by atoms with E-state index in [2.05, 4.69) is 43.5 Å². The lowest BCUT2D eigenvalue weighted by Gasteiger charge is -2.29. The maximum absolute atomic E-state index is 12.8. The van der Waals surface area contributed by atoms with Gasteiger partial charge in [0.2, 0.25) is 5.91 Å². The van der Waals surface area contributed by atoms with Crippen molar-refractivity contribution in [2.45, 2.75) is 219 Å². The molecule has 0 fully saturated rings. The molecule has 0 aromatic carbocycles. The molecule has 3 unspecified atom stereocenters. The number of unbranched alkanes of at least 4 members (excludes halogenated alkanes) is 25. The molecule has 2 N–H and O–H groups in total. The Hall–Kier alpha value is -1.28. The highest BCUT2D eigenvalue weighted by molar-refractivity contribution is 7.45. The van der Waals surface area contributed by atoms with Gasteiger partial charge in [-0.05, 0) is 51.4 Å². The Balaban J connectivity index is 4.18. The van der Waals surface area contributed by atoms with Gasteiger partial charge in [-0.15, -0.1) is 0 Å². The molecule has 0 bridgehead atoms. The summed E-state index contributed by atoms with van der Waals surface area (Å²) in [6.07, 6.45) is 47.8. The van der Waals surface area contributed by atoms with Crippen LogP contribution in [-0.2, 0) is 18.4 Å². The summed E-state index contributed by atoms with van der Waals surface area (Å²) in [5.41, 5.74) is 0. The van der Waals surface area contributed by atoms with Gasteiger partial charge >= 0.3 is 0 Å². The van der Waals surface area contributed by atoms with Crippen molar-refractivity contribution < 1.29 is 32.9 Å². The Kier molecular flexibility index (Phi) is 38.3. The molecule has 0 rings (SSSR count). The molecule has 0 aromatic rings. The number of hydrogen-bond acceptors (Lipinski definition) is 6. The van der Waals surface area contributed by atoms with Crippen molar-refractivity contribution in [3.05, 3.63) is 36.5 Å². The number of likely N-dealkylation sites (N-methyl/N-ethyl adjacent to an activating group) is 1. The summed E-state index contributed by atoms with van der Waals surface area (Å²) in [4.78, 5) is 25.2. The molecule has 1 amide bonds. The minimum Gasteiger partial charge on any atom is -0.756 e. The topological polar surface area (TPSA) is 108 Å². The molecule has 0 aliphatic rings. The molecule has 0 saturated heterocycles. The van der Waals surface area contributed by atoms with Crippen molar-refractivity contribution in [1.29, 1.82) is 0 Å². The number of nitrogens with one attached hydrogen (secondary N) is 1. The summed E-state index contributed by atoms with van der Waals surface area (Å²) < 4.78 is 23.1. The Labute approximate surface area is 347 Å². The van der Waals surface area contributed by atoms with E-state index in [0.717, 1.165) is 44.9 Å². The van der Waals surface area contributed by atoms with Gasteiger partial charge in [0.05, 0.1) is 39.9 Å². The summed E-state index contributed by atoms with van der Waals surface area (Å²) in [5.74, 6) is -0.205. The molecule has 0 aliphatic carbocycles. The van der Waals surface area contributed by atoms with Crippen molar-refractivity contribution in [2.24, 2.45) is 0 Å². The second-order valence-electron chi connectivity index (χ2n) is 17.1. The molecule has 3 atom stereocenters. The highest BCUT2D eigenvalue weighted by Crippen LogP contribution is 2.38. The number of carbonyl (C=O) groups is 1. The second kappa shape index (κ2) is 39.2. The van der Waals surface area contributed by atoms with E-state index in [1.165, 1.54) is 141 Å². The van der Waals surface area contributed by atoms with Crippen molar-refractivity contribution >= 4 is 13.7 Å². The summed E-state index contributed by atoms with van der Waals surface area (Å²) >= 11 is 0. The van der Waals surface area contributed by atoms with Crippen molar-refractivity contribution in [1.82, 2.24) is 5.32 Å². The fourth-order valence-electron chi connectivity index (χ4n) is 6.59. The number of aliphatic hydroxyl groups excluding tert-OH is 1. The van der Waals surface area contributed by atoms with Crippen LogP contribution in [-0.4, -0.2) is 68.5 Å². The van der Waals surface area contributed by atoms with E-state index in [0.29, 0.717) is 17.4 Å². The van der Waals surface area contributed by atoms with E-state index < -0.39 is 20.0 Å². The zero-order valence-electron chi connectivity index (χ0n) is 37.3. The molecule has 0 saturated carbocycles. The van der Waals surface area contributed by atoms with Gasteiger partial charge in [-0.3, -0.25) is 9.36 Å². The number of quaternary nitrogens is 1. The van der Waals surface area contributed by atoms with Gasteiger partial charge < -0.3 is 28.8 Å². The van der Waals surface area contributed by atoms with Crippen LogP contribution in [0.4, 0.5) is 0 Å². The van der Waals surface area contributed by atoms with Gasteiger partial charge in [-0.2, -0.15) is 0 Å². The van der Waals surface area contributed by atoms with Gasteiger partial charge in [0.15, 0.2) is 0 Å². The van der Waals surface area contributed by atoms with Crippen molar-refractivity contribution in [3.63, 3.8) is 0 Å². The van der Waals surface area contributed by atoms with E-state index in [1.807, 2.05) is 27.2 Å². The number of allylic oxidation sites excluding steroid dienone is 5. The fourth-order valence-corrected chi connectivity index (χ4v) is 7.32. The Bertz CT molecular complexity index is 1010. The normalized spacial score (nSPS) is 14.6. The number of carbonyl (C=O) groups excluding carboxylic acids is 1. The van der Waals surface area contributed by atoms with Crippen LogP contribution < -0.4 is 10.2 Å². The Morgan fingerprint density at radius 1 is 0.625 bits per heavy atom. The fraction of sp³-hybridized carbons (Fsp3) is 0.851. The average molecular weight is 811 g/mol. The van der Waals surface area contributed by atoms with E-state index in [1.54, 1.807) is 6.08 Å². The minimum atomic E-state index is -4.58. The van der Waals surface area contributed by atoms with Gasteiger partial charge in [-0.25, -0.2) is 0 Å². The standard InChI is InChI=1S/C47H91N2O6P/c1-6-8-10-12-14-16-17-18-19-20-21-22-23-24-25-26-27-28-29-30-31-33-35-37-39-41-47(51)48-45(44-55-56(52,53)54-43-42-49(3,4)5)46(50)40-38-36-34-32-15-13-11-9-7-2/h21-22,24-25,38,40,45-46,50H,6-20,23,26-37,39,41-44H2,1-5H3,(H-,48,51,52,53)/b22-21-,25-24-,40-38+. The van der Waals surface area contributed by atoms with Crippen LogP contribution in [0, 0.1) is 0 Å². The van der Waals surface area contributed by atoms with Crippen LogP contribution in [0.25, 0.3) is 0 Å². The van der Waals surface area contributed by atoms with E-state index in [4.69, 9.17) is 9.05 Å². The maximum Gasteiger partial charge on any atom is 0.268 e. The summed E-state index contributed by atoms with van der Waals surface area (Å²) in [5, 5.41) is 13.7. The van der Waals surface area contributed by atoms with E-state index >= 15 is 0 Å². The molecule has 0 aromatic heterocycles. The molecule has 9 heteroatoms. The number of phosphoric ester groups is 1. The summed E-state index contributed by atoms with van der Waals surface area (Å²) in [6.45, 7) is 4.61. The molecule has 330 valence electrons. The van der Waals surface area contributed by atoms with Crippen LogP contribution in [0.15, 0.2) is 36.5 Å². The quantitative estimate of drug-likeness (QED) is 0.0275. The van der Waals surface area contributed by atoms with Gasteiger partial charge in [0.1, 0.15) is 13.2 Å². The number of nitrogens with zero attached hydrogens (tertiary/aromatic N) is 1. The van der Waals surface area contributed by atoms with E-state index in [9.17, 15) is 19.4 Å². The highest BCUT2D eigenvalue weighted by atomic mass is 31.2. The molecule has 56 heavy (non-hydrogen) atoms. The highest BCUT2D eigenvalue weighted by Gasteiger charge is 2.23. The van der Waals surface area contributed by atoms with Crippen molar-refractivity contribution in [3.8, 4) is 0 Å². The number of hydrogen-bond donors (Lipinski definition) is 2. The van der Waals surface area contributed by atoms with Crippen LogP contribution in [0.2, 0.25) is 0 Å². The Morgan fingerprint density at radius 2 is 1.04 bits per heavy atom. The molecule has 0 spiro atoms. The predicted octanol–water partition coefficient (Wildman–Crippen LogP) is 12.5. The minimum absolute atomic E-state index is 0.00242. The second-order valence-corrected chi connectivity index (χ2v) is 18.5.